The molecular formula is C15H13N3OS. The summed E-state index contributed by atoms with van der Waals surface area (Å²) in [5.74, 6) is -0.201. The quantitative estimate of drug-likeness (QED) is 0.757. The van der Waals surface area contributed by atoms with E-state index in [1.165, 1.54) is 11.3 Å². The molecule has 0 atom stereocenters. The van der Waals surface area contributed by atoms with Crippen LogP contribution in [0, 0.1) is 6.92 Å². The first-order valence-electron chi connectivity index (χ1n) is 6.16. The second-order valence-corrected chi connectivity index (χ2v) is 5.41. The van der Waals surface area contributed by atoms with Crippen LogP contribution in [0.15, 0.2) is 41.8 Å². The fourth-order valence-corrected chi connectivity index (χ4v) is 2.74. The summed E-state index contributed by atoms with van der Waals surface area (Å²) >= 11 is 1.33. The van der Waals surface area contributed by atoms with Crippen LogP contribution in [-0.2, 0) is 0 Å². The Kier molecular flexibility index (Phi) is 3.12. The number of benzene rings is 1. The molecule has 1 amide bonds. The maximum Gasteiger partial charge on any atom is 0.267 e. The molecule has 5 heteroatoms. The lowest BCUT2D eigenvalue weighted by Crippen LogP contribution is -2.12. The highest BCUT2D eigenvalue weighted by molar-refractivity contribution is 7.12. The van der Waals surface area contributed by atoms with Crippen LogP contribution < -0.4 is 11.1 Å². The van der Waals surface area contributed by atoms with Crippen molar-refractivity contribution in [1.82, 2.24) is 4.98 Å². The van der Waals surface area contributed by atoms with Gasteiger partial charge in [0.05, 0.1) is 16.9 Å². The van der Waals surface area contributed by atoms with E-state index >= 15 is 0 Å². The summed E-state index contributed by atoms with van der Waals surface area (Å²) in [6, 6.07) is 11.4. The number of fused-ring (bicyclic) bond motifs is 1. The highest BCUT2D eigenvalue weighted by atomic mass is 32.1. The number of carbonyl (C=O) groups excluding carboxylic acids is 1. The van der Waals surface area contributed by atoms with Crippen LogP contribution in [0.25, 0.3) is 10.9 Å². The molecule has 0 aliphatic carbocycles. The number of aromatic nitrogens is 1. The maximum atomic E-state index is 12.2. The van der Waals surface area contributed by atoms with E-state index < -0.39 is 0 Å². The number of nitrogens with zero attached hydrogens (tertiary/aromatic N) is 1. The number of nitrogens with one attached hydrogen (secondary N) is 1. The van der Waals surface area contributed by atoms with Crippen LogP contribution in [0.5, 0.6) is 0 Å². The number of anilines is 2. The minimum absolute atomic E-state index is 0.201. The lowest BCUT2D eigenvalue weighted by Gasteiger charge is -2.08. The fraction of sp³-hybridized carbons (Fsp3) is 0.0667. The van der Waals surface area contributed by atoms with Crippen LogP contribution in [0.3, 0.4) is 0 Å². The van der Waals surface area contributed by atoms with E-state index in [0.29, 0.717) is 16.3 Å². The van der Waals surface area contributed by atoms with E-state index in [0.717, 1.165) is 16.6 Å². The van der Waals surface area contributed by atoms with Crippen LogP contribution in [-0.4, -0.2) is 10.9 Å². The zero-order chi connectivity index (χ0) is 14.1. The first-order valence-corrected chi connectivity index (χ1v) is 7.04. The summed E-state index contributed by atoms with van der Waals surface area (Å²) in [7, 11) is 0. The van der Waals surface area contributed by atoms with Crippen molar-refractivity contribution in [3.8, 4) is 0 Å². The van der Waals surface area contributed by atoms with Crippen molar-refractivity contribution in [2.24, 2.45) is 0 Å². The minimum atomic E-state index is -0.201. The van der Waals surface area contributed by atoms with E-state index in [9.17, 15) is 4.79 Å². The van der Waals surface area contributed by atoms with E-state index in [1.54, 1.807) is 11.4 Å². The first kappa shape index (κ1) is 12.6. The predicted molar refractivity (Wildman–Crippen MR) is 83.2 cm³/mol. The Morgan fingerprint density at radius 3 is 2.85 bits per heavy atom. The highest BCUT2D eigenvalue weighted by Crippen LogP contribution is 2.24. The Bertz CT molecular complexity index is 795. The SMILES string of the molecule is Cc1ccc2cccc(NC(=O)c3sccc3N)c2n1. The number of nitrogen functional groups attached to an aromatic ring is 1. The van der Waals surface area contributed by atoms with E-state index in [4.69, 9.17) is 5.73 Å². The topological polar surface area (TPSA) is 68.0 Å². The Balaban J connectivity index is 2.01. The van der Waals surface area contributed by atoms with Gasteiger partial charge in [-0.2, -0.15) is 0 Å². The molecule has 2 heterocycles. The molecule has 2 aromatic heterocycles. The number of aryl methyl sites for hydroxylation is 1. The highest BCUT2D eigenvalue weighted by Gasteiger charge is 2.13. The number of hydrogen-bond donors (Lipinski definition) is 2. The molecule has 100 valence electrons. The second kappa shape index (κ2) is 4.94. The van der Waals surface area contributed by atoms with Gasteiger partial charge in [0.2, 0.25) is 0 Å². The first-order chi connectivity index (χ1) is 9.65. The number of amides is 1. The average Bonchev–Trinajstić information content (AvgIpc) is 2.86. The monoisotopic (exact) mass is 283 g/mol. The van der Waals surface area contributed by atoms with Crippen LogP contribution in [0.2, 0.25) is 0 Å². The van der Waals surface area contributed by atoms with Crippen molar-refractivity contribution in [3.63, 3.8) is 0 Å². The summed E-state index contributed by atoms with van der Waals surface area (Å²) in [5, 5.41) is 5.68. The molecule has 0 bridgehead atoms. The van der Waals surface area contributed by atoms with Crippen molar-refractivity contribution in [1.29, 1.82) is 0 Å². The Morgan fingerprint density at radius 2 is 2.10 bits per heavy atom. The normalized spacial score (nSPS) is 10.7. The molecule has 0 unspecified atom stereocenters. The molecule has 3 rings (SSSR count). The van der Waals surface area contributed by atoms with Crippen molar-refractivity contribution in [2.45, 2.75) is 6.92 Å². The van der Waals surface area contributed by atoms with Crippen LogP contribution >= 0.6 is 11.3 Å². The molecular weight excluding hydrogens is 270 g/mol. The van der Waals surface area contributed by atoms with Gasteiger partial charge in [-0.25, -0.2) is 0 Å². The number of rotatable bonds is 2. The Labute approximate surface area is 120 Å². The smallest absolute Gasteiger partial charge is 0.267 e. The average molecular weight is 283 g/mol. The number of para-hydroxylation sites is 1. The zero-order valence-electron chi connectivity index (χ0n) is 10.9. The number of nitrogens with two attached hydrogens (primary N) is 1. The summed E-state index contributed by atoms with van der Waals surface area (Å²) in [6.07, 6.45) is 0. The van der Waals surface area contributed by atoms with Gasteiger partial charge in [-0.3, -0.25) is 9.78 Å². The molecule has 0 spiro atoms. The maximum absolute atomic E-state index is 12.2. The Hall–Kier alpha value is -2.40. The van der Waals surface area contributed by atoms with Crippen molar-refractivity contribution in [2.75, 3.05) is 11.1 Å². The molecule has 0 saturated heterocycles. The third-order valence-electron chi connectivity index (χ3n) is 3.01. The minimum Gasteiger partial charge on any atom is -0.397 e. The summed E-state index contributed by atoms with van der Waals surface area (Å²) < 4.78 is 0. The summed E-state index contributed by atoms with van der Waals surface area (Å²) in [4.78, 5) is 17.2. The van der Waals surface area contributed by atoms with Gasteiger partial charge in [-0.1, -0.05) is 18.2 Å². The third-order valence-corrected chi connectivity index (χ3v) is 3.94. The van der Waals surface area contributed by atoms with Gasteiger partial charge in [0.1, 0.15) is 4.88 Å². The number of hydrogen-bond acceptors (Lipinski definition) is 4. The molecule has 0 radical (unpaired) electrons. The van der Waals surface area contributed by atoms with Gasteiger partial charge in [-0.15, -0.1) is 11.3 Å². The van der Waals surface area contributed by atoms with Gasteiger partial charge in [0.15, 0.2) is 0 Å². The zero-order valence-corrected chi connectivity index (χ0v) is 11.7. The lowest BCUT2D eigenvalue weighted by molar-refractivity contribution is 0.103. The molecule has 0 fully saturated rings. The van der Waals surface area contributed by atoms with Crippen LogP contribution in [0.1, 0.15) is 15.4 Å². The third kappa shape index (κ3) is 2.23. The molecule has 4 nitrogen and oxygen atoms in total. The van der Waals surface area contributed by atoms with Gasteiger partial charge in [0, 0.05) is 11.1 Å². The van der Waals surface area contributed by atoms with Crippen LogP contribution in [0.4, 0.5) is 11.4 Å². The van der Waals surface area contributed by atoms with Crippen molar-refractivity contribution in [3.05, 3.63) is 52.3 Å². The Morgan fingerprint density at radius 1 is 1.25 bits per heavy atom. The molecule has 1 aromatic carbocycles. The number of carbonyl (C=O) groups is 1. The molecule has 20 heavy (non-hydrogen) atoms. The van der Waals surface area contributed by atoms with E-state index in [-0.39, 0.29) is 5.91 Å². The molecule has 3 N–H and O–H groups in total. The lowest BCUT2D eigenvalue weighted by atomic mass is 10.1. The second-order valence-electron chi connectivity index (χ2n) is 4.49. The van der Waals surface area contributed by atoms with E-state index in [2.05, 4.69) is 10.3 Å². The van der Waals surface area contributed by atoms with Gasteiger partial charge in [0.25, 0.3) is 5.91 Å². The largest absolute Gasteiger partial charge is 0.397 e. The van der Waals surface area contributed by atoms with Gasteiger partial charge < -0.3 is 11.1 Å². The summed E-state index contributed by atoms with van der Waals surface area (Å²) in [6.45, 7) is 1.93. The fourth-order valence-electron chi connectivity index (χ4n) is 2.03. The predicted octanol–water partition coefficient (Wildman–Crippen LogP) is 3.44. The summed E-state index contributed by atoms with van der Waals surface area (Å²) in [5.41, 5.74) is 8.66. The molecule has 0 saturated carbocycles. The van der Waals surface area contributed by atoms with Crippen molar-refractivity contribution < 1.29 is 4.79 Å². The van der Waals surface area contributed by atoms with Gasteiger partial charge in [-0.05, 0) is 30.5 Å². The van der Waals surface area contributed by atoms with E-state index in [1.807, 2.05) is 37.3 Å². The number of thiophene rings is 1. The molecule has 0 aliphatic rings. The number of pyridine rings is 1. The van der Waals surface area contributed by atoms with Crippen molar-refractivity contribution >= 4 is 39.5 Å². The molecule has 3 aromatic rings. The molecule has 0 aliphatic heterocycles. The standard InChI is InChI=1S/C15H13N3OS/c1-9-5-6-10-3-2-4-12(13(10)17-9)18-15(19)14-11(16)7-8-20-14/h2-8H,16H2,1H3,(H,18,19). The van der Waals surface area contributed by atoms with Gasteiger partial charge >= 0.3 is 0 Å².